The topological polar surface area (TPSA) is 116 Å². The number of carbonyl (C=O) groups is 2. The largest absolute Gasteiger partial charge is 0.374 e. The highest BCUT2D eigenvalue weighted by molar-refractivity contribution is 8.02. The number of nitrogens with zero attached hydrogens (tertiary/aromatic N) is 4. The van der Waals surface area contributed by atoms with E-state index in [9.17, 15) is 9.59 Å². The summed E-state index contributed by atoms with van der Waals surface area (Å²) in [5.41, 5.74) is 10.7. The molecule has 12 heteroatoms. The predicted molar refractivity (Wildman–Crippen MR) is 158 cm³/mol. The summed E-state index contributed by atoms with van der Waals surface area (Å²) >= 11 is 5.57. The summed E-state index contributed by atoms with van der Waals surface area (Å²) in [6.45, 7) is 1.82. The molecular formula is C26H24N6O2S4. The maximum Gasteiger partial charge on any atom is 0.241 e. The van der Waals surface area contributed by atoms with Crippen LogP contribution in [0, 0.1) is 0 Å². The number of amides is 1. The van der Waals surface area contributed by atoms with Crippen LogP contribution in [0.3, 0.4) is 0 Å². The first-order valence-corrected chi connectivity index (χ1v) is 15.7. The molecule has 3 aromatic heterocycles. The zero-order chi connectivity index (χ0) is 26.2. The molecule has 1 unspecified atom stereocenters. The van der Waals surface area contributed by atoms with Gasteiger partial charge in [0, 0.05) is 16.8 Å². The van der Waals surface area contributed by atoms with Crippen LogP contribution in [0.25, 0.3) is 21.1 Å². The second-order valence-electron chi connectivity index (χ2n) is 8.99. The SMILES string of the molecule is CC(Sc1nnc(N)s1)C(=O)Nc1ccc2nc(SCC(=O)n3c4c(c5ccccc53)CCCC4)sc2c1. The number of hydrogen-bond acceptors (Lipinski definition) is 10. The standard InChI is InChI=1S/C26H24N6O2S4/c1-14(36-26-31-30-24(27)38-26)23(34)28-15-10-11-18-21(12-15)37-25(29-18)35-13-22(33)32-19-8-4-2-6-16(19)17-7-3-5-9-20(17)32/h2,4,6,8,10-12,14H,3,5,7,9,13H2,1H3,(H2,27,30)(H,28,34). The number of hydrogen-bond donors (Lipinski definition) is 2. The minimum Gasteiger partial charge on any atom is -0.374 e. The lowest BCUT2D eigenvalue weighted by atomic mass is 9.96. The number of nitrogens with one attached hydrogen (secondary N) is 1. The Labute approximate surface area is 235 Å². The third-order valence-corrected chi connectivity index (χ3v) is 10.5. The third kappa shape index (κ3) is 5.05. The van der Waals surface area contributed by atoms with Crippen molar-refractivity contribution in [1.82, 2.24) is 19.7 Å². The lowest BCUT2D eigenvalue weighted by Crippen LogP contribution is -2.22. The summed E-state index contributed by atoms with van der Waals surface area (Å²) < 4.78 is 4.39. The van der Waals surface area contributed by atoms with Crippen molar-refractivity contribution in [3.63, 3.8) is 0 Å². The van der Waals surface area contributed by atoms with Gasteiger partial charge in [0.2, 0.25) is 16.9 Å². The first-order valence-electron chi connectivity index (χ1n) is 12.2. The number of fused-ring (bicyclic) bond motifs is 4. The summed E-state index contributed by atoms with van der Waals surface area (Å²) in [5.74, 6) is 0.277. The number of thioether (sulfide) groups is 2. The predicted octanol–water partition coefficient (Wildman–Crippen LogP) is 6.12. The third-order valence-electron chi connectivity index (χ3n) is 6.45. The molecule has 2 aromatic carbocycles. The average molecular weight is 581 g/mol. The number of aryl methyl sites for hydroxylation is 1. The Morgan fingerprint density at radius 3 is 2.79 bits per heavy atom. The second-order valence-corrected chi connectivity index (χ2v) is 13.8. The molecule has 0 fully saturated rings. The highest BCUT2D eigenvalue weighted by atomic mass is 32.2. The van der Waals surface area contributed by atoms with Gasteiger partial charge < -0.3 is 11.1 Å². The van der Waals surface area contributed by atoms with Gasteiger partial charge in [-0.2, -0.15) is 0 Å². The van der Waals surface area contributed by atoms with Gasteiger partial charge in [0.05, 0.1) is 26.7 Å². The lowest BCUT2D eigenvalue weighted by molar-refractivity contribution is -0.115. The quantitative estimate of drug-likeness (QED) is 0.221. The zero-order valence-electron chi connectivity index (χ0n) is 20.5. The minimum absolute atomic E-state index is 0.0882. The number of benzene rings is 2. The van der Waals surface area contributed by atoms with Crippen LogP contribution in [0.2, 0.25) is 0 Å². The number of thiazole rings is 1. The minimum atomic E-state index is -0.354. The van der Waals surface area contributed by atoms with Crippen LogP contribution < -0.4 is 11.1 Å². The van der Waals surface area contributed by atoms with Crippen LogP contribution in [0.4, 0.5) is 10.8 Å². The Bertz CT molecular complexity index is 1670. The molecule has 0 aliphatic heterocycles. The Morgan fingerprint density at radius 2 is 1.95 bits per heavy atom. The van der Waals surface area contributed by atoms with Crippen LogP contribution in [0.5, 0.6) is 0 Å². The van der Waals surface area contributed by atoms with Gasteiger partial charge in [-0.3, -0.25) is 14.2 Å². The van der Waals surface area contributed by atoms with Crippen LogP contribution in [-0.2, 0) is 17.6 Å². The van der Waals surface area contributed by atoms with Gasteiger partial charge in [-0.1, -0.05) is 53.1 Å². The summed E-state index contributed by atoms with van der Waals surface area (Å²) in [4.78, 5) is 30.8. The molecule has 38 heavy (non-hydrogen) atoms. The summed E-state index contributed by atoms with van der Waals surface area (Å²) in [6, 6.07) is 13.9. The van der Waals surface area contributed by atoms with E-state index in [0.717, 1.165) is 39.3 Å². The van der Waals surface area contributed by atoms with E-state index in [2.05, 4.69) is 21.6 Å². The highest BCUT2D eigenvalue weighted by Crippen LogP contribution is 2.35. The lowest BCUT2D eigenvalue weighted by Gasteiger charge is -2.14. The van der Waals surface area contributed by atoms with E-state index in [1.807, 2.05) is 47.9 Å². The van der Waals surface area contributed by atoms with Crippen molar-refractivity contribution in [2.24, 2.45) is 0 Å². The van der Waals surface area contributed by atoms with Crippen LogP contribution in [0.1, 0.15) is 35.8 Å². The molecule has 0 radical (unpaired) electrons. The molecule has 3 heterocycles. The average Bonchev–Trinajstić information content (AvgIpc) is 3.61. The van der Waals surface area contributed by atoms with E-state index in [0.29, 0.717) is 20.9 Å². The smallest absolute Gasteiger partial charge is 0.241 e. The highest BCUT2D eigenvalue weighted by Gasteiger charge is 2.23. The Kier molecular flexibility index (Phi) is 7.12. The fourth-order valence-electron chi connectivity index (χ4n) is 4.73. The Balaban J connectivity index is 1.14. The number of anilines is 2. The maximum absolute atomic E-state index is 13.4. The summed E-state index contributed by atoms with van der Waals surface area (Å²) in [6.07, 6.45) is 4.28. The van der Waals surface area contributed by atoms with Crippen molar-refractivity contribution in [3.05, 3.63) is 53.7 Å². The van der Waals surface area contributed by atoms with Gasteiger partial charge in [-0.05, 0) is 62.4 Å². The number of nitrogens with two attached hydrogens (primary N) is 1. The van der Waals surface area contributed by atoms with Crippen molar-refractivity contribution in [2.75, 3.05) is 16.8 Å². The molecule has 6 rings (SSSR count). The van der Waals surface area contributed by atoms with E-state index < -0.39 is 0 Å². The van der Waals surface area contributed by atoms with Gasteiger partial charge in [0.1, 0.15) is 0 Å². The fraction of sp³-hybridized carbons (Fsp3) is 0.269. The molecule has 3 N–H and O–H groups in total. The summed E-state index contributed by atoms with van der Waals surface area (Å²) in [5, 5.41) is 11.9. The van der Waals surface area contributed by atoms with E-state index in [-0.39, 0.29) is 17.1 Å². The molecule has 194 valence electrons. The number of aromatic nitrogens is 4. The van der Waals surface area contributed by atoms with Gasteiger partial charge in [-0.15, -0.1) is 21.5 Å². The number of nitrogen functional groups attached to an aromatic ring is 1. The number of rotatable bonds is 7. The monoisotopic (exact) mass is 580 g/mol. The van der Waals surface area contributed by atoms with Crippen LogP contribution in [0.15, 0.2) is 51.1 Å². The van der Waals surface area contributed by atoms with Crippen molar-refractivity contribution in [3.8, 4) is 0 Å². The molecule has 1 amide bonds. The zero-order valence-corrected chi connectivity index (χ0v) is 23.7. The van der Waals surface area contributed by atoms with E-state index in [4.69, 9.17) is 10.7 Å². The fourth-order valence-corrected chi connectivity index (χ4v) is 8.47. The van der Waals surface area contributed by atoms with E-state index in [1.165, 1.54) is 69.3 Å². The first kappa shape index (κ1) is 25.4. The van der Waals surface area contributed by atoms with E-state index in [1.54, 1.807) is 0 Å². The Hall–Kier alpha value is -2.93. The molecule has 1 atom stereocenters. The molecule has 5 aromatic rings. The second kappa shape index (κ2) is 10.7. The van der Waals surface area contributed by atoms with Crippen LogP contribution >= 0.6 is 46.2 Å². The maximum atomic E-state index is 13.4. The van der Waals surface area contributed by atoms with Gasteiger partial charge in [0.25, 0.3) is 0 Å². The first-order chi connectivity index (χ1) is 18.5. The normalized spacial score (nSPS) is 14.0. The molecule has 1 aliphatic carbocycles. The molecule has 0 saturated heterocycles. The molecule has 0 spiro atoms. The number of carbonyl (C=O) groups excluding carboxylic acids is 2. The van der Waals surface area contributed by atoms with Crippen molar-refractivity contribution < 1.29 is 9.59 Å². The molecule has 8 nitrogen and oxygen atoms in total. The van der Waals surface area contributed by atoms with Gasteiger partial charge in [-0.25, -0.2) is 4.98 Å². The molecule has 0 saturated carbocycles. The van der Waals surface area contributed by atoms with Crippen LogP contribution in [-0.4, -0.2) is 42.6 Å². The molecule has 1 aliphatic rings. The van der Waals surface area contributed by atoms with Crippen molar-refractivity contribution >= 4 is 90.0 Å². The van der Waals surface area contributed by atoms with Gasteiger partial charge >= 0.3 is 0 Å². The van der Waals surface area contributed by atoms with E-state index >= 15 is 0 Å². The number of para-hydroxylation sites is 1. The van der Waals surface area contributed by atoms with Crippen molar-refractivity contribution in [1.29, 1.82) is 0 Å². The molecular weight excluding hydrogens is 557 g/mol. The van der Waals surface area contributed by atoms with Gasteiger partial charge in [0.15, 0.2) is 8.68 Å². The van der Waals surface area contributed by atoms with Crippen molar-refractivity contribution in [2.45, 2.75) is 46.5 Å². The Morgan fingerprint density at radius 1 is 1.11 bits per heavy atom. The summed E-state index contributed by atoms with van der Waals surface area (Å²) in [7, 11) is 0. The molecule has 0 bridgehead atoms.